The maximum absolute atomic E-state index is 13.0. The Morgan fingerprint density at radius 3 is 2.36 bits per heavy atom. The second-order valence-corrected chi connectivity index (χ2v) is 8.60. The van der Waals surface area contributed by atoms with Crippen molar-refractivity contribution < 1.29 is 18.0 Å². The number of benzene rings is 2. The van der Waals surface area contributed by atoms with E-state index < -0.39 is 11.7 Å². The maximum atomic E-state index is 13.0. The summed E-state index contributed by atoms with van der Waals surface area (Å²) in [6, 6.07) is 14.3. The molecule has 1 aromatic heterocycles. The molecule has 0 radical (unpaired) electrons. The molecule has 0 aliphatic heterocycles. The van der Waals surface area contributed by atoms with Gasteiger partial charge in [0.1, 0.15) is 5.69 Å². The van der Waals surface area contributed by atoms with Crippen molar-refractivity contribution in [1.82, 2.24) is 10.3 Å². The number of pyridine rings is 1. The van der Waals surface area contributed by atoms with Crippen LogP contribution in [0.2, 0.25) is 5.02 Å². The molecule has 0 bridgehead atoms. The van der Waals surface area contributed by atoms with E-state index in [9.17, 15) is 18.0 Å². The van der Waals surface area contributed by atoms with Gasteiger partial charge in [0.15, 0.2) is 5.11 Å². The van der Waals surface area contributed by atoms with Gasteiger partial charge in [-0.15, -0.1) is 0 Å². The van der Waals surface area contributed by atoms with Crippen LogP contribution < -0.4 is 16.0 Å². The number of hydrogen-bond donors (Lipinski definition) is 3. The smallest absolute Gasteiger partial charge is 0.351 e. The topological polar surface area (TPSA) is 66.1 Å². The second-order valence-electron chi connectivity index (χ2n) is 6.63. The van der Waals surface area contributed by atoms with Crippen LogP contribution in [0.1, 0.15) is 23.0 Å². The third-order valence-electron chi connectivity index (χ3n) is 4.18. The van der Waals surface area contributed by atoms with Gasteiger partial charge in [-0.3, -0.25) is 9.78 Å². The number of alkyl halides is 3. The predicted octanol–water partition coefficient (Wildman–Crippen LogP) is 6.46. The van der Waals surface area contributed by atoms with E-state index in [1.165, 1.54) is 17.8 Å². The lowest BCUT2D eigenvalue weighted by molar-refractivity contribution is -0.137. The number of anilines is 2. The van der Waals surface area contributed by atoms with Crippen molar-refractivity contribution in [2.24, 2.45) is 0 Å². The number of aromatic nitrogens is 1. The molecule has 0 saturated carbocycles. The normalized spacial score (nSPS) is 11.1. The first-order valence-electron chi connectivity index (χ1n) is 9.62. The number of nitrogens with one attached hydrogen (secondary N) is 3. The van der Waals surface area contributed by atoms with E-state index in [-0.39, 0.29) is 21.7 Å². The minimum absolute atomic E-state index is 0.131. The molecule has 172 valence electrons. The molecule has 2 aromatic carbocycles. The molecule has 11 heteroatoms. The van der Waals surface area contributed by atoms with E-state index in [2.05, 4.69) is 20.9 Å². The highest BCUT2D eigenvalue weighted by Gasteiger charge is 2.33. The van der Waals surface area contributed by atoms with Gasteiger partial charge < -0.3 is 16.0 Å². The molecule has 1 amide bonds. The highest BCUT2D eigenvalue weighted by Crippen LogP contribution is 2.36. The maximum Gasteiger partial charge on any atom is 0.417 e. The third kappa shape index (κ3) is 7.08. The molecule has 0 fully saturated rings. The summed E-state index contributed by atoms with van der Waals surface area (Å²) < 4.78 is 39.1. The molecular weight excluding hydrogens is 493 g/mol. The summed E-state index contributed by atoms with van der Waals surface area (Å²) in [6.07, 6.45) is -2.99. The summed E-state index contributed by atoms with van der Waals surface area (Å²) in [4.78, 5) is 17.8. The lowest BCUT2D eigenvalue weighted by Gasteiger charge is -2.14. The first-order chi connectivity index (χ1) is 15.7. The Morgan fingerprint density at radius 2 is 1.70 bits per heavy atom. The number of thiocarbonyl (C=S) groups is 1. The van der Waals surface area contributed by atoms with Gasteiger partial charge in [-0.05, 0) is 73.7 Å². The van der Waals surface area contributed by atoms with Gasteiger partial charge in [-0.2, -0.15) is 13.2 Å². The molecule has 3 rings (SSSR count). The van der Waals surface area contributed by atoms with E-state index in [0.29, 0.717) is 17.9 Å². The van der Waals surface area contributed by atoms with Crippen molar-refractivity contribution in [2.45, 2.75) is 22.9 Å². The van der Waals surface area contributed by atoms with Gasteiger partial charge in [-0.1, -0.05) is 23.4 Å². The molecule has 0 spiro atoms. The van der Waals surface area contributed by atoms with E-state index in [1.807, 2.05) is 19.1 Å². The molecule has 33 heavy (non-hydrogen) atoms. The summed E-state index contributed by atoms with van der Waals surface area (Å²) in [5.74, 6) is -0.233. The van der Waals surface area contributed by atoms with Crippen LogP contribution >= 0.6 is 35.6 Å². The van der Waals surface area contributed by atoms with Crippen LogP contribution in [0.3, 0.4) is 0 Å². The van der Waals surface area contributed by atoms with Crippen LogP contribution in [0.15, 0.2) is 70.6 Å². The molecule has 3 aromatic rings. The Morgan fingerprint density at radius 1 is 1.03 bits per heavy atom. The SMILES string of the molecule is CCNC(=O)c1cc(Sc2ccc(NC(=S)Nc3ccc(Cl)c(C(F)(F)F)c3)cc2)ccn1. The number of carbonyl (C=O) groups excluding carboxylic acids is 1. The third-order valence-corrected chi connectivity index (χ3v) is 5.71. The van der Waals surface area contributed by atoms with Crippen LogP contribution in [0.4, 0.5) is 24.5 Å². The summed E-state index contributed by atoms with van der Waals surface area (Å²) in [5.41, 5.74) is 0.217. The highest BCUT2D eigenvalue weighted by molar-refractivity contribution is 7.99. The average Bonchev–Trinajstić information content (AvgIpc) is 2.76. The summed E-state index contributed by atoms with van der Waals surface area (Å²) in [5, 5.41) is 8.11. The van der Waals surface area contributed by atoms with E-state index in [0.717, 1.165) is 21.9 Å². The van der Waals surface area contributed by atoms with Gasteiger partial charge in [0.2, 0.25) is 0 Å². The number of nitrogens with zero attached hydrogens (tertiary/aromatic N) is 1. The van der Waals surface area contributed by atoms with Gasteiger partial charge in [0.05, 0.1) is 10.6 Å². The molecule has 5 nitrogen and oxygen atoms in total. The summed E-state index contributed by atoms with van der Waals surface area (Å²) in [7, 11) is 0. The van der Waals surface area contributed by atoms with Crippen molar-refractivity contribution in [3.63, 3.8) is 0 Å². The summed E-state index contributed by atoms with van der Waals surface area (Å²) >= 11 is 12.3. The fraction of sp³-hybridized carbons (Fsp3) is 0.136. The van der Waals surface area contributed by atoms with Gasteiger partial charge in [-0.25, -0.2) is 0 Å². The predicted molar refractivity (Wildman–Crippen MR) is 129 cm³/mol. The Balaban J connectivity index is 1.61. The zero-order chi connectivity index (χ0) is 24.0. The van der Waals surface area contributed by atoms with Gasteiger partial charge >= 0.3 is 6.18 Å². The molecule has 0 aliphatic rings. The quantitative estimate of drug-likeness (QED) is 0.331. The highest BCUT2D eigenvalue weighted by atomic mass is 35.5. The number of amides is 1. The Kier molecular flexibility index (Phi) is 8.17. The fourth-order valence-electron chi connectivity index (χ4n) is 2.71. The van der Waals surface area contributed by atoms with Crippen LogP contribution in [0.25, 0.3) is 0 Å². The first kappa shape index (κ1) is 24.8. The van der Waals surface area contributed by atoms with E-state index in [1.54, 1.807) is 30.5 Å². The van der Waals surface area contributed by atoms with Crippen molar-refractivity contribution >= 4 is 58.0 Å². The lowest BCUT2D eigenvalue weighted by Crippen LogP contribution is -2.23. The Hall–Kier alpha value is -2.82. The molecule has 3 N–H and O–H groups in total. The van der Waals surface area contributed by atoms with E-state index in [4.69, 9.17) is 23.8 Å². The lowest BCUT2D eigenvalue weighted by atomic mass is 10.2. The Bertz CT molecular complexity index is 1160. The largest absolute Gasteiger partial charge is 0.417 e. The van der Waals surface area contributed by atoms with E-state index >= 15 is 0 Å². The minimum atomic E-state index is -4.56. The molecule has 0 unspecified atom stereocenters. The zero-order valence-electron chi connectivity index (χ0n) is 17.2. The monoisotopic (exact) mass is 510 g/mol. The van der Waals surface area contributed by atoms with Crippen molar-refractivity contribution in [3.05, 3.63) is 77.1 Å². The average molecular weight is 511 g/mol. The number of rotatable bonds is 6. The molecule has 0 atom stereocenters. The fourth-order valence-corrected chi connectivity index (χ4v) is 4.01. The zero-order valence-corrected chi connectivity index (χ0v) is 19.6. The van der Waals surface area contributed by atoms with Crippen molar-refractivity contribution in [1.29, 1.82) is 0 Å². The standard InChI is InChI=1S/C22H18ClF3N4OS2/c1-2-27-20(31)19-12-16(9-10-28-19)33-15-6-3-13(4-7-15)29-21(32)30-14-5-8-18(23)17(11-14)22(24,25)26/h3-12H,2H2,1H3,(H,27,31)(H2,29,30,32). The Labute approximate surface area is 203 Å². The number of hydrogen-bond acceptors (Lipinski definition) is 4. The van der Waals surface area contributed by atoms with Crippen LogP contribution in [0.5, 0.6) is 0 Å². The van der Waals surface area contributed by atoms with Crippen LogP contribution in [-0.4, -0.2) is 22.5 Å². The molecule has 1 heterocycles. The molecule has 0 saturated heterocycles. The van der Waals surface area contributed by atoms with Gasteiger partial charge in [0.25, 0.3) is 5.91 Å². The van der Waals surface area contributed by atoms with Crippen molar-refractivity contribution in [3.8, 4) is 0 Å². The number of halogens is 4. The van der Waals surface area contributed by atoms with Crippen molar-refractivity contribution in [2.75, 3.05) is 17.2 Å². The summed E-state index contributed by atoms with van der Waals surface area (Å²) in [6.45, 7) is 2.35. The first-order valence-corrected chi connectivity index (χ1v) is 11.2. The minimum Gasteiger partial charge on any atom is -0.351 e. The van der Waals surface area contributed by atoms with Gasteiger partial charge in [0, 0.05) is 33.9 Å². The second kappa shape index (κ2) is 10.9. The van der Waals surface area contributed by atoms with Crippen LogP contribution in [0, 0.1) is 0 Å². The van der Waals surface area contributed by atoms with Crippen LogP contribution in [-0.2, 0) is 6.18 Å². The molecule has 0 aliphatic carbocycles. The number of carbonyl (C=O) groups is 1. The molecular formula is C22H18ClF3N4OS2.